The fourth-order valence-corrected chi connectivity index (χ4v) is 5.42. The second-order valence-corrected chi connectivity index (χ2v) is 9.38. The van der Waals surface area contributed by atoms with Crippen LogP contribution in [-0.2, 0) is 31.4 Å². The largest absolute Gasteiger partial charge is 0.392 e. The van der Waals surface area contributed by atoms with Crippen LogP contribution in [0.3, 0.4) is 0 Å². The maximum atomic E-state index is 14.3. The number of aromatic nitrogens is 4. The molecular weight excluding hydrogens is 454 g/mol. The number of rotatable bonds is 6. The lowest BCUT2D eigenvalue weighted by molar-refractivity contribution is -0.00602. The molecule has 0 saturated heterocycles. The maximum absolute atomic E-state index is 14.3. The van der Waals surface area contributed by atoms with Gasteiger partial charge in [-0.25, -0.2) is 4.98 Å². The van der Waals surface area contributed by atoms with Crippen molar-refractivity contribution >= 4 is 11.6 Å². The molecule has 0 spiro atoms. The molecule has 35 heavy (non-hydrogen) atoms. The van der Waals surface area contributed by atoms with Crippen LogP contribution in [0.2, 0.25) is 0 Å². The highest BCUT2D eigenvalue weighted by Crippen LogP contribution is 2.53. The average molecular weight is 479 g/mol. The summed E-state index contributed by atoms with van der Waals surface area (Å²) in [5, 5.41) is 29.9. The molecule has 2 aliphatic carbocycles. The van der Waals surface area contributed by atoms with Gasteiger partial charge in [0, 0.05) is 25.6 Å². The predicted molar refractivity (Wildman–Crippen MR) is 122 cm³/mol. The molecule has 1 amide bonds. The molecular formula is C25H24F2N6O2. The minimum absolute atomic E-state index is 0.117. The second kappa shape index (κ2) is 8.50. The number of nitrogens with one attached hydrogen (secondary N) is 1. The van der Waals surface area contributed by atoms with Crippen LogP contribution in [0, 0.1) is 17.2 Å². The van der Waals surface area contributed by atoms with Gasteiger partial charge >= 0.3 is 0 Å². The topological polar surface area (TPSA) is 117 Å². The first-order chi connectivity index (χ1) is 16.8. The highest BCUT2D eigenvalue weighted by atomic mass is 19.3. The Morgan fingerprint density at radius 1 is 1.34 bits per heavy atom. The van der Waals surface area contributed by atoms with Gasteiger partial charge in [0.2, 0.25) is 0 Å². The van der Waals surface area contributed by atoms with E-state index < -0.39 is 29.5 Å². The first-order valence-electron chi connectivity index (χ1n) is 11.4. The molecule has 1 saturated carbocycles. The van der Waals surface area contributed by atoms with Gasteiger partial charge in [-0.3, -0.25) is 4.79 Å². The number of nitriles is 1. The summed E-state index contributed by atoms with van der Waals surface area (Å²) in [6.07, 6.45) is 3.28. The molecule has 2 N–H and O–H groups in total. The van der Waals surface area contributed by atoms with Crippen molar-refractivity contribution in [1.82, 2.24) is 19.7 Å². The van der Waals surface area contributed by atoms with Gasteiger partial charge in [-0.15, -0.1) is 10.2 Å². The number of halogens is 2. The molecule has 3 aromatic rings. The average Bonchev–Trinajstić information content (AvgIpc) is 3.38. The summed E-state index contributed by atoms with van der Waals surface area (Å²) in [7, 11) is 1.87. The molecule has 0 aliphatic heterocycles. The molecule has 0 atom stereocenters. The number of carbonyl (C=O) groups excluding carboxylic acids is 1. The number of carbonyl (C=O) groups is 1. The predicted octanol–water partition coefficient (Wildman–Crippen LogP) is 3.60. The van der Waals surface area contributed by atoms with E-state index in [0.717, 1.165) is 24.2 Å². The highest BCUT2D eigenvalue weighted by molar-refractivity contribution is 6.03. The van der Waals surface area contributed by atoms with Crippen LogP contribution < -0.4 is 5.32 Å². The SMILES string of the molecule is Cn1cnnc1C1(c2cccc(NC(=O)c3cc(CO)c4c(n3)C(F)(F)CC4)c2)CC(CC#N)C1. The highest BCUT2D eigenvalue weighted by Gasteiger charge is 2.49. The van der Waals surface area contributed by atoms with Crippen molar-refractivity contribution in [3.8, 4) is 6.07 Å². The first-order valence-corrected chi connectivity index (χ1v) is 11.4. The Bertz CT molecular complexity index is 1340. The van der Waals surface area contributed by atoms with E-state index in [1.54, 1.807) is 12.4 Å². The van der Waals surface area contributed by atoms with Gasteiger partial charge < -0.3 is 15.0 Å². The third kappa shape index (κ3) is 3.86. The van der Waals surface area contributed by atoms with Crippen molar-refractivity contribution in [1.29, 1.82) is 5.26 Å². The van der Waals surface area contributed by atoms with Crippen LogP contribution >= 0.6 is 0 Å². The Morgan fingerprint density at radius 3 is 2.83 bits per heavy atom. The molecule has 5 rings (SSSR count). The molecule has 2 heterocycles. The summed E-state index contributed by atoms with van der Waals surface area (Å²) in [5.41, 5.74) is 0.986. The van der Waals surface area contributed by atoms with Crippen molar-refractivity contribution in [2.24, 2.45) is 13.0 Å². The van der Waals surface area contributed by atoms with E-state index in [0.29, 0.717) is 23.2 Å². The van der Waals surface area contributed by atoms with E-state index in [1.807, 2.05) is 29.8 Å². The van der Waals surface area contributed by atoms with Crippen molar-refractivity contribution in [2.75, 3.05) is 5.32 Å². The molecule has 2 aliphatic rings. The fraction of sp³-hybridized carbons (Fsp3) is 0.400. The smallest absolute Gasteiger partial charge is 0.290 e. The summed E-state index contributed by atoms with van der Waals surface area (Å²) in [4.78, 5) is 17.0. The Hall–Kier alpha value is -3.71. The van der Waals surface area contributed by atoms with Crippen LogP contribution in [0.1, 0.15) is 64.4 Å². The van der Waals surface area contributed by atoms with Crippen LogP contribution in [0.15, 0.2) is 36.7 Å². The van der Waals surface area contributed by atoms with Crippen LogP contribution in [-0.4, -0.2) is 30.8 Å². The lowest BCUT2D eigenvalue weighted by Crippen LogP contribution is -2.44. The van der Waals surface area contributed by atoms with E-state index >= 15 is 0 Å². The number of aliphatic hydroxyl groups is 1. The Kier molecular flexibility index (Phi) is 5.60. The normalized spacial score (nSPS) is 22.2. The summed E-state index contributed by atoms with van der Waals surface area (Å²) < 4.78 is 30.5. The van der Waals surface area contributed by atoms with E-state index in [-0.39, 0.29) is 24.5 Å². The minimum Gasteiger partial charge on any atom is -0.392 e. The number of hydrogen-bond acceptors (Lipinski definition) is 6. The van der Waals surface area contributed by atoms with Crippen molar-refractivity contribution in [3.63, 3.8) is 0 Å². The second-order valence-electron chi connectivity index (χ2n) is 9.38. The van der Waals surface area contributed by atoms with Crippen molar-refractivity contribution in [3.05, 3.63) is 70.6 Å². The summed E-state index contributed by atoms with van der Waals surface area (Å²) in [6.45, 7) is -0.444. The minimum atomic E-state index is -3.12. The number of fused-ring (bicyclic) bond motifs is 1. The number of anilines is 1. The van der Waals surface area contributed by atoms with Crippen LogP contribution in [0.4, 0.5) is 14.5 Å². The van der Waals surface area contributed by atoms with Gasteiger partial charge in [0.15, 0.2) is 0 Å². The van der Waals surface area contributed by atoms with Crippen LogP contribution in [0.25, 0.3) is 0 Å². The van der Waals surface area contributed by atoms with E-state index in [2.05, 4.69) is 26.6 Å². The number of alkyl halides is 2. The number of aliphatic hydroxyl groups excluding tert-OH is 1. The van der Waals surface area contributed by atoms with Crippen molar-refractivity contribution < 1.29 is 18.7 Å². The van der Waals surface area contributed by atoms with Crippen molar-refractivity contribution in [2.45, 2.75) is 50.0 Å². The van der Waals surface area contributed by atoms with Gasteiger partial charge in [-0.1, -0.05) is 12.1 Å². The third-order valence-electron chi connectivity index (χ3n) is 7.12. The van der Waals surface area contributed by atoms with Gasteiger partial charge in [0.25, 0.3) is 11.8 Å². The molecule has 10 heteroatoms. The monoisotopic (exact) mass is 478 g/mol. The fourth-order valence-electron chi connectivity index (χ4n) is 5.42. The van der Waals surface area contributed by atoms with Gasteiger partial charge in [0.05, 0.1) is 18.1 Å². The summed E-state index contributed by atoms with van der Waals surface area (Å²) >= 11 is 0. The maximum Gasteiger partial charge on any atom is 0.290 e. The Labute approximate surface area is 200 Å². The Balaban J connectivity index is 1.45. The van der Waals surface area contributed by atoms with E-state index in [1.165, 1.54) is 6.07 Å². The summed E-state index contributed by atoms with van der Waals surface area (Å²) in [5.74, 6) is -2.73. The zero-order valence-corrected chi connectivity index (χ0v) is 19.1. The molecule has 0 unspecified atom stereocenters. The van der Waals surface area contributed by atoms with Crippen LogP contribution in [0.5, 0.6) is 0 Å². The van der Waals surface area contributed by atoms with E-state index in [9.17, 15) is 18.7 Å². The quantitative estimate of drug-likeness (QED) is 0.559. The lowest BCUT2D eigenvalue weighted by atomic mass is 9.57. The Morgan fingerprint density at radius 2 is 2.14 bits per heavy atom. The molecule has 0 bridgehead atoms. The number of aryl methyl sites for hydroxylation is 1. The molecule has 1 fully saturated rings. The number of amides is 1. The zero-order chi connectivity index (χ0) is 24.8. The molecule has 1 aromatic carbocycles. The van der Waals surface area contributed by atoms with Gasteiger partial charge in [-0.2, -0.15) is 14.0 Å². The molecule has 8 nitrogen and oxygen atoms in total. The molecule has 180 valence electrons. The number of nitrogens with zero attached hydrogens (tertiary/aromatic N) is 5. The zero-order valence-electron chi connectivity index (χ0n) is 19.1. The van der Waals surface area contributed by atoms with E-state index in [4.69, 9.17) is 5.26 Å². The lowest BCUT2D eigenvalue weighted by Gasteiger charge is -2.46. The number of pyridine rings is 1. The number of hydrogen-bond donors (Lipinski definition) is 2. The van der Waals surface area contributed by atoms with Gasteiger partial charge in [0.1, 0.15) is 23.5 Å². The standard InChI is InChI=1S/C25H24F2N6O2/c1-33-14-29-32-23(33)24(11-15(12-24)6-8-28)17-3-2-4-18(10-17)30-22(35)20-9-16(13-34)19-5-7-25(26,27)21(19)31-20/h2-4,9-10,14-15,34H,5-7,11-13H2,1H3,(H,30,35). The van der Waals surface area contributed by atoms with Gasteiger partial charge in [-0.05, 0) is 60.1 Å². The third-order valence-corrected chi connectivity index (χ3v) is 7.12. The summed E-state index contributed by atoms with van der Waals surface area (Å²) in [6, 6.07) is 10.9. The molecule has 2 aromatic heterocycles. The number of benzene rings is 1. The molecule has 0 radical (unpaired) electrons. The first kappa shape index (κ1) is 23.1.